The van der Waals surface area contributed by atoms with Gasteiger partial charge in [-0.3, -0.25) is 4.79 Å². The molecule has 146 valence electrons. The van der Waals surface area contributed by atoms with E-state index in [1.807, 2.05) is 18.2 Å². The van der Waals surface area contributed by atoms with Gasteiger partial charge in [0.1, 0.15) is 11.5 Å². The Morgan fingerprint density at radius 2 is 1.93 bits per heavy atom. The van der Waals surface area contributed by atoms with E-state index in [4.69, 9.17) is 20.4 Å². The molecule has 3 aromatic rings. The van der Waals surface area contributed by atoms with Gasteiger partial charge in [-0.2, -0.15) is 0 Å². The number of benzene rings is 1. The Labute approximate surface area is 167 Å². The van der Waals surface area contributed by atoms with Crippen molar-refractivity contribution >= 4 is 27.3 Å². The highest BCUT2D eigenvalue weighted by molar-refractivity contribution is 7.91. The Morgan fingerprint density at radius 3 is 2.57 bits per heavy atom. The van der Waals surface area contributed by atoms with Crippen LogP contribution in [0.25, 0.3) is 11.3 Å². The first-order chi connectivity index (χ1) is 13.4. The van der Waals surface area contributed by atoms with Crippen LogP contribution in [0.15, 0.2) is 63.6 Å². The van der Waals surface area contributed by atoms with Gasteiger partial charge in [-0.1, -0.05) is 11.6 Å². The maximum atomic E-state index is 12.9. The maximum absolute atomic E-state index is 12.9. The van der Waals surface area contributed by atoms with E-state index in [0.717, 1.165) is 5.56 Å². The van der Waals surface area contributed by atoms with Gasteiger partial charge < -0.3 is 13.7 Å². The van der Waals surface area contributed by atoms with Crippen molar-refractivity contribution in [2.75, 3.05) is 11.5 Å². The number of furan rings is 2. The summed E-state index contributed by atoms with van der Waals surface area (Å²) in [6, 6.07) is 13.6. The third kappa shape index (κ3) is 4.00. The number of amides is 1. The van der Waals surface area contributed by atoms with E-state index in [9.17, 15) is 13.2 Å². The Kier molecular flexibility index (Phi) is 5.03. The predicted molar refractivity (Wildman–Crippen MR) is 105 cm³/mol. The van der Waals surface area contributed by atoms with E-state index in [-0.39, 0.29) is 29.7 Å². The first kappa shape index (κ1) is 18.8. The van der Waals surface area contributed by atoms with E-state index in [0.29, 0.717) is 23.0 Å². The van der Waals surface area contributed by atoms with Crippen LogP contribution in [0.5, 0.6) is 0 Å². The second kappa shape index (κ2) is 7.48. The van der Waals surface area contributed by atoms with Gasteiger partial charge in [0.25, 0.3) is 5.91 Å². The normalized spacial score (nSPS) is 18.2. The smallest absolute Gasteiger partial charge is 0.290 e. The van der Waals surface area contributed by atoms with Crippen LogP contribution >= 0.6 is 11.6 Å². The van der Waals surface area contributed by atoms with Crippen molar-refractivity contribution in [2.45, 2.75) is 19.0 Å². The number of nitrogens with zero attached hydrogens (tertiary/aromatic N) is 1. The minimum Gasteiger partial charge on any atom is -0.459 e. The molecule has 0 N–H and O–H groups in total. The van der Waals surface area contributed by atoms with Crippen LogP contribution in [0.2, 0.25) is 5.02 Å². The SMILES string of the molecule is O=C(c1ccco1)N(Cc1ccc(-c2ccc(Cl)cc2)o1)C1CCS(=O)(=O)C1. The molecule has 1 fully saturated rings. The first-order valence-electron chi connectivity index (χ1n) is 8.81. The minimum absolute atomic E-state index is 0.0514. The molecule has 1 aliphatic heterocycles. The lowest BCUT2D eigenvalue weighted by Gasteiger charge is -2.26. The lowest BCUT2D eigenvalue weighted by molar-refractivity contribution is 0.0634. The number of sulfone groups is 1. The van der Waals surface area contributed by atoms with Crippen molar-refractivity contribution in [3.05, 3.63) is 71.3 Å². The number of rotatable bonds is 5. The minimum atomic E-state index is -3.14. The highest BCUT2D eigenvalue weighted by Gasteiger charge is 2.36. The van der Waals surface area contributed by atoms with Gasteiger partial charge in [0.2, 0.25) is 0 Å². The van der Waals surface area contributed by atoms with Crippen molar-refractivity contribution < 1.29 is 22.0 Å². The highest BCUT2D eigenvalue weighted by Crippen LogP contribution is 2.27. The van der Waals surface area contributed by atoms with Crippen molar-refractivity contribution in [2.24, 2.45) is 0 Å². The number of carbonyl (C=O) groups excluding carboxylic acids is 1. The summed E-state index contributed by atoms with van der Waals surface area (Å²) in [4.78, 5) is 14.4. The Bertz CT molecular complexity index is 1070. The first-order valence-corrected chi connectivity index (χ1v) is 11.0. The molecule has 1 saturated heterocycles. The molecule has 28 heavy (non-hydrogen) atoms. The maximum Gasteiger partial charge on any atom is 0.290 e. The fourth-order valence-corrected chi connectivity index (χ4v) is 5.19. The zero-order chi connectivity index (χ0) is 19.7. The van der Waals surface area contributed by atoms with E-state index in [1.165, 1.54) is 11.2 Å². The highest BCUT2D eigenvalue weighted by atomic mass is 35.5. The van der Waals surface area contributed by atoms with Gasteiger partial charge in [-0.25, -0.2) is 8.42 Å². The summed E-state index contributed by atoms with van der Waals surface area (Å²) >= 11 is 5.92. The Hall–Kier alpha value is -2.51. The van der Waals surface area contributed by atoms with Crippen LogP contribution in [-0.4, -0.2) is 36.8 Å². The molecule has 2 aromatic heterocycles. The van der Waals surface area contributed by atoms with Crippen molar-refractivity contribution in [1.82, 2.24) is 4.90 Å². The molecule has 1 aromatic carbocycles. The largest absolute Gasteiger partial charge is 0.459 e. The molecule has 6 nitrogen and oxygen atoms in total. The topological polar surface area (TPSA) is 80.7 Å². The van der Waals surface area contributed by atoms with Gasteiger partial charge in [0.15, 0.2) is 15.6 Å². The van der Waals surface area contributed by atoms with Crippen LogP contribution in [0.1, 0.15) is 22.7 Å². The predicted octanol–water partition coefficient (Wildman–Crippen LogP) is 4.02. The Morgan fingerprint density at radius 1 is 1.14 bits per heavy atom. The standard InChI is InChI=1S/C20H18ClNO5S/c21-15-5-3-14(4-6-15)18-8-7-17(27-18)12-22(16-9-11-28(24,25)13-16)20(23)19-2-1-10-26-19/h1-8,10,16H,9,11-13H2. The molecule has 0 saturated carbocycles. The molecule has 0 aliphatic carbocycles. The van der Waals surface area contributed by atoms with Crippen LogP contribution in [0, 0.1) is 0 Å². The second-order valence-electron chi connectivity index (χ2n) is 6.74. The fourth-order valence-electron chi connectivity index (χ4n) is 3.33. The molecule has 0 radical (unpaired) electrons. The summed E-state index contributed by atoms with van der Waals surface area (Å²) in [6.07, 6.45) is 1.82. The van der Waals surface area contributed by atoms with Gasteiger partial charge in [-0.05, 0) is 55.0 Å². The average molecular weight is 420 g/mol. The average Bonchev–Trinajstić information content (AvgIpc) is 3.41. The van der Waals surface area contributed by atoms with Crippen LogP contribution < -0.4 is 0 Å². The number of carbonyl (C=O) groups is 1. The molecular formula is C20H18ClNO5S. The molecule has 0 spiro atoms. The molecule has 3 heterocycles. The second-order valence-corrected chi connectivity index (χ2v) is 9.41. The van der Waals surface area contributed by atoms with E-state index in [1.54, 1.807) is 30.3 Å². The zero-order valence-corrected chi connectivity index (χ0v) is 16.4. The van der Waals surface area contributed by atoms with E-state index in [2.05, 4.69) is 0 Å². The summed E-state index contributed by atoms with van der Waals surface area (Å²) in [5.74, 6) is 1.06. The van der Waals surface area contributed by atoms with Gasteiger partial charge in [0.05, 0.1) is 24.3 Å². The van der Waals surface area contributed by atoms with Crippen molar-refractivity contribution in [1.29, 1.82) is 0 Å². The van der Waals surface area contributed by atoms with Crippen LogP contribution in [0.3, 0.4) is 0 Å². The lowest BCUT2D eigenvalue weighted by atomic mass is 10.2. The van der Waals surface area contributed by atoms with Gasteiger partial charge in [-0.15, -0.1) is 0 Å². The third-order valence-corrected chi connectivity index (χ3v) is 6.76. The van der Waals surface area contributed by atoms with Crippen molar-refractivity contribution in [3.8, 4) is 11.3 Å². The third-order valence-electron chi connectivity index (χ3n) is 4.76. The van der Waals surface area contributed by atoms with E-state index >= 15 is 0 Å². The number of hydrogen-bond acceptors (Lipinski definition) is 5. The quantitative estimate of drug-likeness (QED) is 0.623. The zero-order valence-electron chi connectivity index (χ0n) is 14.9. The molecule has 1 aliphatic rings. The number of hydrogen-bond donors (Lipinski definition) is 0. The number of halogens is 1. The summed E-state index contributed by atoms with van der Waals surface area (Å²) in [7, 11) is -3.14. The summed E-state index contributed by atoms with van der Waals surface area (Å²) in [5, 5.41) is 0.633. The lowest BCUT2D eigenvalue weighted by Crippen LogP contribution is -2.40. The van der Waals surface area contributed by atoms with E-state index < -0.39 is 15.9 Å². The van der Waals surface area contributed by atoms with Crippen LogP contribution in [0.4, 0.5) is 0 Å². The molecular weight excluding hydrogens is 402 g/mol. The Balaban J connectivity index is 1.59. The summed E-state index contributed by atoms with van der Waals surface area (Å²) in [5.41, 5.74) is 0.864. The van der Waals surface area contributed by atoms with Gasteiger partial charge in [0, 0.05) is 16.6 Å². The fraction of sp³-hybridized carbons (Fsp3) is 0.250. The molecule has 1 atom stereocenters. The monoisotopic (exact) mass is 419 g/mol. The molecule has 1 amide bonds. The molecule has 1 unspecified atom stereocenters. The molecule has 8 heteroatoms. The molecule has 4 rings (SSSR count). The summed E-state index contributed by atoms with van der Waals surface area (Å²) < 4.78 is 35.0. The van der Waals surface area contributed by atoms with Gasteiger partial charge >= 0.3 is 0 Å². The van der Waals surface area contributed by atoms with Crippen LogP contribution in [-0.2, 0) is 16.4 Å². The van der Waals surface area contributed by atoms with Crippen molar-refractivity contribution in [3.63, 3.8) is 0 Å². The summed E-state index contributed by atoms with van der Waals surface area (Å²) in [6.45, 7) is 0.160. The molecule has 0 bridgehead atoms.